The van der Waals surface area contributed by atoms with E-state index in [1.165, 1.54) is 0 Å². The highest BCUT2D eigenvalue weighted by Crippen LogP contribution is 2.27. The third-order valence-electron chi connectivity index (χ3n) is 3.96. The molecule has 0 saturated heterocycles. The van der Waals surface area contributed by atoms with Crippen molar-refractivity contribution in [3.63, 3.8) is 0 Å². The molecule has 0 saturated carbocycles. The summed E-state index contributed by atoms with van der Waals surface area (Å²) in [4.78, 5) is 23.8. The van der Waals surface area contributed by atoms with Crippen molar-refractivity contribution in [2.75, 3.05) is 16.0 Å². The lowest BCUT2D eigenvalue weighted by Crippen LogP contribution is -2.32. The van der Waals surface area contributed by atoms with Gasteiger partial charge in [-0.3, -0.25) is 9.59 Å². The smallest absolute Gasteiger partial charge is 0.246 e. The fraction of sp³-hybridized carbons (Fsp3) is 0.222. The van der Waals surface area contributed by atoms with Crippen molar-refractivity contribution in [1.29, 1.82) is 0 Å². The van der Waals surface area contributed by atoms with Gasteiger partial charge in [0.25, 0.3) is 0 Å². The highest BCUT2D eigenvalue weighted by molar-refractivity contribution is 6.35. The van der Waals surface area contributed by atoms with Crippen LogP contribution in [-0.2, 0) is 16.0 Å². The molecule has 0 bridgehead atoms. The molecular formula is C18H17Cl2N3O2. The first-order valence-corrected chi connectivity index (χ1v) is 8.63. The molecule has 25 heavy (non-hydrogen) atoms. The molecule has 5 nitrogen and oxygen atoms in total. The molecular weight excluding hydrogens is 361 g/mol. The number of benzene rings is 2. The Hall–Kier alpha value is -2.24. The van der Waals surface area contributed by atoms with E-state index in [1.807, 2.05) is 18.2 Å². The summed E-state index contributed by atoms with van der Waals surface area (Å²) in [7, 11) is 0. The van der Waals surface area contributed by atoms with Gasteiger partial charge in [0.1, 0.15) is 6.04 Å². The number of fused-ring (bicyclic) bond motifs is 1. The molecule has 3 rings (SSSR count). The predicted octanol–water partition coefficient (Wildman–Crippen LogP) is 4.32. The minimum atomic E-state index is -0.480. The van der Waals surface area contributed by atoms with Crippen LogP contribution in [0.4, 0.5) is 17.1 Å². The highest BCUT2D eigenvalue weighted by Gasteiger charge is 2.17. The molecule has 1 aliphatic heterocycles. The van der Waals surface area contributed by atoms with Crippen LogP contribution in [0.1, 0.15) is 18.9 Å². The Morgan fingerprint density at radius 2 is 1.96 bits per heavy atom. The normalized spacial score (nSPS) is 14.3. The highest BCUT2D eigenvalue weighted by atomic mass is 35.5. The number of hydrogen-bond donors (Lipinski definition) is 3. The Balaban J connectivity index is 1.67. The van der Waals surface area contributed by atoms with Gasteiger partial charge in [0.05, 0.1) is 10.7 Å². The van der Waals surface area contributed by atoms with Gasteiger partial charge in [0.2, 0.25) is 11.8 Å². The maximum atomic E-state index is 12.4. The largest absolute Gasteiger partial charge is 0.374 e. The minimum absolute atomic E-state index is 0.0272. The van der Waals surface area contributed by atoms with Gasteiger partial charge in [-0.1, -0.05) is 23.2 Å². The first kappa shape index (κ1) is 17.6. The third-order valence-corrected chi connectivity index (χ3v) is 4.53. The lowest BCUT2D eigenvalue weighted by atomic mass is 10.0. The molecule has 2 aromatic rings. The molecule has 3 N–H and O–H groups in total. The lowest BCUT2D eigenvalue weighted by molar-refractivity contribution is -0.117. The summed E-state index contributed by atoms with van der Waals surface area (Å²) in [5.74, 6) is -0.199. The molecule has 2 amide bonds. The van der Waals surface area contributed by atoms with Crippen molar-refractivity contribution < 1.29 is 9.59 Å². The molecule has 2 aromatic carbocycles. The van der Waals surface area contributed by atoms with Crippen molar-refractivity contribution in [2.24, 2.45) is 0 Å². The second-order valence-corrected chi connectivity index (χ2v) is 6.74. The maximum Gasteiger partial charge on any atom is 0.246 e. The van der Waals surface area contributed by atoms with Crippen LogP contribution in [0, 0.1) is 0 Å². The van der Waals surface area contributed by atoms with E-state index in [0.29, 0.717) is 28.6 Å². The number of amides is 2. The van der Waals surface area contributed by atoms with Crippen LogP contribution in [-0.4, -0.2) is 17.9 Å². The van der Waals surface area contributed by atoms with Gasteiger partial charge in [-0.25, -0.2) is 0 Å². The van der Waals surface area contributed by atoms with Gasteiger partial charge in [-0.2, -0.15) is 0 Å². The summed E-state index contributed by atoms with van der Waals surface area (Å²) in [6.07, 6.45) is 1.16. The number of carbonyl (C=O) groups is 2. The van der Waals surface area contributed by atoms with E-state index < -0.39 is 6.04 Å². The third kappa shape index (κ3) is 4.24. The number of anilines is 3. The van der Waals surface area contributed by atoms with E-state index in [-0.39, 0.29) is 11.8 Å². The number of rotatable bonds is 4. The molecule has 0 spiro atoms. The zero-order valence-corrected chi connectivity index (χ0v) is 15.0. The minimum Gasteiger partial charge on any atom is -0.374 e. The number of nitrogens with one attached hydrogen (secondary N) is 3. The lowest BCUT2D eigenvalue weighted by Gasteiger charge is -2.20. The topological polar surface area (TPSA) is 70.2 Å². The van der Waals surface area contributed by atoms with Gasteiger partial charge in [0.15, 0.2) is 0 Å². The first-order valence-electron chi connectivity index (χ1n) is 7.87. The summed E-state index contributed by atoms with van der Waals surface area (Å²) in [6, 6.07) is 10.0. The van der Waals surface area contributed by atoms with Crippen LogP contribution in [0.2, 0.25) is 10.0 Å². The fourth-order valence-electron chi connectivity index (χ4n) is 2.62. The van der Waals surface area contributed by atoms with E-state index >= 15 is 0 Å². The summed E-state index contributed by atoms with van der Waals surface area (Å²) in [6.45, 7) is 1.76. The van der Waals surface area contributed by atoms with Crippen LogP contribution >= 0.6 is 23.2 Å². The van der Waals surface area contributed by atoms with Crippen LogP contribution < -0.4 is 16.0 Å². The maximum absolute atomic E-state index is 12.4. The molecule has 0 aromatic heterocycles. The molecule has 0 fully saturated rings. The van der Waals surface area contributed by atoms with Crippen molar-refractivity contribution in [1.82, 2.24) is 0 Å². The quantitative estimate of drug-likeness (QED) is 0.742. The second kappa shape index (κ2) is 7.33. The Morgan fingerprint density at radius 1 is 1.16 bits per heavy atom. The van der Waals surface area contributed by atoms with E-state index in [0.717, 1.165) is 16.9 Å². The monoisotopic (exact) mass is 377 g/mol. The SMILES string of the molecule is CC(Nc1ccc2c(c1)CCC(=O)N2)C(=O)Nc1cc(Cl)ccc1Cl. The van der Waals surface area contributed by atoms with Crippen molar-refractivity contribution in [2.45, 2.75) is 25.8 Å². The average molecular weight is 378 g/mol. The molecule has 1 unspecified atom stereocenters. The molecule has 1 heterocycles. The van der Waals surface area contributed by atoms with Crippen LogP contribution in [0.3, 0.4) is 0 Å². The average Bonchev–Trinajstić information content (AvgIpc) is 2.58. The Bertz CT molecular complexity index is 839. The van der Waals surface area contributed by atoms with E-state index in [9.17, 15) is 9.59 Å². The van der Waals surface area contributed by atoms with Crippen molar-refractivity contribution in [3.05, 3.63) is 52.0 Å². The van der Waals surface area contributed by atoms with Crippen LogP contribution in [0.5, 0.6) is 0 Å². The fourth-order valence-corrected chi connectivity index (χ4v) is 2.96. The number of carbonyl (C=O) groups excluding carboxylic acids is 2. The molecule has 1 aliphatic rings. The van der Waals surface area contributed by atoms with E-state index in [4.69, 9.17) is 23.2 Å². The molecule has 1 atom stereocenters. The Kier molecular flexibility index (Phi) is 5.16. The first-order chi connectivity index (χ1) is 11.9. The number of halogens is 2. The van der Waals surface area contributed by atoms with Gasteiger partial charge in [-0.05, 0) is 55.3 Å². The van der Waals surface area contributed by atoms with Crippen LogP contribution in [0.25, 0.3) is 0 Å². The van der Waals surface area contributed by atoms with Crippen molar-refractivity contribution >= 4 is 52.1 Å². The van der Waals surface area contributed by atoms with E-state index in [1.54, 1.807) is 25.1 Å². The summed E-state index contributed by atoms with van der Waals surface area (Å²) < 4.78 is 0. The summed E-state index contributed by atoms with van der Waals surface area (Å²) >= 11 is 12.0. The zero-order valence-electron chi connectivity index (χ0n) is 13.5. The van der Waals surface area contributed by atoms with Gasteiger partial charge in [0, 0.05) is 22.8 Å². The van der Waals surface area contributed by atoms with Crippen LogP contribution in [0.15, 0.2) is 36.4 Å². The molecule has 0 aliphatic carbocycles. The van der Waals surface area contributed by atoms with Gasteiger partial charge < -0.3 is 16.0 Å². The van der Waals surface area contributed by atoms with Crippen molar-refractivity contribution in [3.8, 4) is 0 Å². The molecule has 0 radical (unpaired) electrons. The standard InChI is InChI=1S/C18H17Cl2N3O2/c1-10(18(25)23-16-9-12(19)3-5-14(16)20)21-13-4-6-15-11(8-13)2-7-17(24)22-15/h3-6,8-10,21H,2,7H2,1H3,(H,22,24)(H,23,25). The zero-order chi connectivity index (χ0) is 18.0. The summed E-state index contributed by atoms with van der Waals surface area (Å²) in [5, 5.41) is 9.68. The Morgan fingerprint density at radius 3 is 2.76 bits per heavy atom. The number of hydrogen-bond acceptors (Lipinski definition) is 3. The second-order valence-electron chi connectivity index (χ2n) is 5.90. The molecule has 7 heteroatoms. The van der Waals surface area contributed by atoms with Gasteiger partial charge in [-0.15, -0.1) is 0 Å². The Labute approximate surface area is 155 Å². The number of aryl methyl sites for hydroxylation is 1. The molecule has 130 valence electrons. The predicted molar refractivity (Wildman–Crippen MR) is 102 cm³/mol. The van der Waals surface area contributed by atoms with Gasteiger partial charge >= 0.3 is 0 Å². The summed E-state index contributed by atoms with van der Waals surface area (Å²) in [5.41, 5.74) is 3.16. The van der Waals surface area contributed by atoms with E-state index in [2.05, 4.69) is 16.0 Å².